The first-order chi connectivity index (χ1) is 8.76. The molecule has 4 heteroatoms. The highest BCUT2D eigenvalue weighted by atomic mass is 19.1. The molecule has 1 aromatic heterocycles. The summed E-state index contributed by atoms with van der Waals surface area (Å²) in [6.45, 7) is 3.50. The SMILES string of the molecule is CCCCCCn1c(CN)nc2cc(F)ccc21. The van der Waals surface area contributed by atoms with Crippen LogP contribution in [0.2, 0.25) is 0 Å². The predicted octanol–water partition coefficient (Wildman–Crippen LogP) is 3.21. The van der Waals surface area contributed by atoms with E-state index in [1.165, 1.54) is 31.4 Å². The summed E-state index contributed by atoms with van der Waals surface area (Å²) in [5.41, 5.74) is 7.39. The molecule has 1 aromatic carbocycles. The van der Waals surface area contributed by atoms with E-state index in [9.17, 15) is 4.39 Å². The molecule has 0 aliphatic rings. The third-order valence-corrected chi connectivity index (χ3v) is 3.21. The van der Waals surface area contributed by atoms with Gasteiger partial charge in [0.05, 0.1) is 17.6 Å². The van der Waals surface area contributed by atoms with Crippen molar-refractivity contribution in [2.45, 2.75) is 45.7 Å². The van der Waals surface area contributed by atoms with Gasteiger partial charge in [-0.2, -0.15) is 0 Å². The fourth-order valence-electron chi connectivity index (χ4n) is 2.25. The van der Waals surface area contributed by atoms with Gasteiger partial charge in [0.2, 0.25) is 0 Å². The Balaban J connectivity index is 2.23. The van der Waals surface area contributed by atoms with Crippen LogP contribution in [0.4, 0.5) is 4.39 Å². The van der Waals surface area contributed by atoms with E-state index in [1.54, 1.807) is 6.07 Å². The van der Waals surface area contributed by atoms with Gasteiger partial charge in [-0.15, -0.1) is 0 Å². The zero-order chi connectivity index (χ0) is 13.0. The summed E-state index contributed by atoms with van der Waals surface area (Å²) in [6, 6.07) is 4.74. The summed E-state index contributed by atoms with van der Waals surface area (Å²) in [7, 11) is 0. The molecule has 0 bridgehead atoms. The van der Waals surface area contributed by atoms with Crippen LogP contribution < -0.4 is 5.73 Å². The van der Waals surface area contributed by atoms with E-state index < -0.39 is 0 Å². The number of hydrogen-bond acceptors (Lipinski definition) is 2. The van der Waals surface area contributed by atoms with Gasteiger partial charge >= 0.3 is 0 Å². The molecule has 0 aliphatic carbocycles. The molecule has 0 spiro atoms. The van der Waals surface area contributed by atoms with E-state index in [2.05, 4.69) is 16.5 Å². The van der Waals surface area contributed by atoms with Crippen molar-refractivity contribution in [3.8, 4) is 0 Å². The molecule has 2 rings (SSSR count). The minimum Gasteiger partial charge on any atom is -0.327 e. The number of fused-ring (bicyclic) bond motifs is 1. The van der Waals surface area contributed by atoms with Gasteiger partial charge < -0.3 is 10.3 Å². The van der Waals surface area contributed by atoms with Crippen molar-refractivity contribution in [3.63, 3.8) is 0 Å². The molecule has 2 aromatic rings. The molecule has 98 valence electrons. The lowest BCUT2D eigenvalue weighted by Gasteiger charge is -2.07. The van der Waals surface area contributed by atoms with E-state index >= 15 is 0 Å². The number of nitrogens with two attached hydrogens (primary N) is 1. The molecule has 0 saturated carbocycles. The molecular formula is C14H20FN3. The monoisotopic (exact) mass is 249 g/mol. The number of aromatic nitrogens is 2. The first-order valence-corrected chi connectivity index (χ1v) is 6.61. The first kappa shape index (κ1) is 13.0. The molecule has 18 heavy (non-hydrogen) atoms. The molecule has 3 nitrogen and oxygen atoms in total. The lowest BCUT2D eigenvalue weighted by atomic mass is 10.2. The van der Waals surface area contributed by atoms with Gasteiger partial charge in [-0.05, 0) is 18.6 Å². The van der Waals surface area contributed by atoms with Crippen molar-refractivity contribution in [3.05, 3.63) is 29.8 Å². The second kappa shape index (κ2) is 5.96. The molecule has 0 fully saturated rings. The Morgan fingerprint density at radius 1 is 1.28 bits per heavy atom. The van der Waals surface area contributed by atoms with E-state index in [-0.39, 0.29) is 5.82 Å². The van der Waals surface area contributed by atoms with Crippen LogP contribution in [0.25, 0.3) is 11.0 Å². The number of unbranched alkanes of at least 4 members (excludes halogenated alkanes) is 3. The largest absolute Gasteiger partial charge is 0.327 e. The number of benzene rings is 1. The van der Waals surface area contributed by atoms with Crippen LogP contribution in [0.3, 0.4) is 0 Å². The quantitative estimate of drug-likeness (QED) is 0.799. The van der Waals surface area contributed by atoms with Crippen molar-refractivity contribution in [1.29, 1.82) is 0 Å². The van der Waals surface area contributed by atoms with Crippen LogP contribution >= 0.6 is 0 Å². The van der Waals surface area contributed by atoms with E-state index in [0.29, 0.717) is 12.1 Å². The topological polar surface area (TPSA) is 43.8 Å². The average Bonchev–Trinajstić information content (AvgIpc) is 2.71. The average molecular weight is 249 g/mol. The summed E-state index contributed by atoms with van der Waals surface area (Å²) in [5, 5.41) is 0. The number of aryl methyl sites for hydroxylation is 1. The zero-order valence-corrected chi connectivity index (χ0v) is 10.8. The number of halogens is 1. The highest BCUT2D eigenvalue weighted by Gasteiger charge is 2.09. The molecule has 2 N–H and O–H groups in total. The summed E-state index contributed by atoms with van der Waals surface area (Å²) in [6.07, 6.45) is 4.80. The first-order valence-electron chi connectivity index (χ1n) is 6.61. The molecule has 1 heterocycles. The van der Waals surface area contributed by atoms with Gasteiger partial charge in [0.15, 0.2) is 0 Å². The maximum atomic E-state index is 13.2. The number of imidazole rings is 1. The van der Waals surface area contributed by atoms with Crippen LogP contribution in [-0.2, 0) is 13.1 Å². The zero-order valence-electron chi connectivity index (χ0n) is 10.8. The fourth-order valence-corrected chi connectivity index (χ4v) is 2.25. The van der Waals surface area contributed by atoms with Gasteiger partial charge in [-0.1, -0.05) is 26.2 Å². The molecule has 0 atom stereocenters. The van der Waals surface area contributed by atoms with E-state index in [4.69, 9.17) is 5.73 Å². The summed E-state index contributed by atoms with van der Waals surface area (Å²) >= 11 is 0. The van der Waals surface area contributed by atoms with Crippen LogP contribution in [0.15, 0.2) is 18.2 Å². The van der Waals surface area contributed by atoms with Crippen molar-refractivity contribution in [1.82, 2.24) is 9.55 Å². The number of rotatable bonds is 6. The molecule has 0 amide bonds. The third-order valence-electron chi connectivity index (χ3n) is 3.21. The van der Waals surface area contributed by atoms with Crippen molar-refractivity contribution in [2.24, 2.45) is 5.73 Å². The smallest absolute Gasteiger partial charge is 0.125 e. The Labute approximate surface area is 107 Å². The predicted molar refractivity (Wildman–Crippen MR) is 71.7 cm³/mol. The second-order valence-electron chi connectivity index (χ2n) is 4.58. The van der Waals surface area contributed by atoms with Crippen molar-refractivity contribution >= 4 is 11.0 Å². The minimum absolute atomic E-state index is 0.248. The minimum atomic E-state index is -0.248. The summed E-state index contributed by atoms with van der Waals surface area (Å²) in [5.74, 6) is 0.591. The Hall–Kier alpha value is -1.42. The summed E-state index contributed by atoms with van der Waals surface area (Å²) < 4.78 is 15.3. The van der Waals surface area contributed by atoms with Gasteiger partial charge in [0, 0.05) is 12.6 Å². The van der Waals surface area contributed by atoms with Gasteiger partial charge in [0.1, 0.15) is 11.6 Å². The Bertz CT molecular complexity index is 519. The maximum absolute atomic E-state index is 13.2. The van der Waals surface area contributed by atoms with Crippen LogP contribution in [-0.4, -0.2) is 9.55 Å². The highest BCUT2D eigenvalue weighted by Crippen LogP contribution is 2.18. The highest BCUT2D eigenvalue weighted by molar-refractivity contribution is 5.76. The molecular weight excluding hydrogens is 229 g/mol. The molecule has 0 unspecified atom stereocenters. The third kappa shape index (κ3) is 2.70. The lowest BCUT2D eigenvalue weighted by Crippen LogP contribution is -2.08. The number of hydrogen-bond donors (Lipinski definition) is 1. The maximum Gasteiger partial charge on any atom is 0.125 e. The van der Waals surface area contributed by atoms with Gasteiger partial charge in [0.25, 0.3) is 0 Å². The van der Waals surface area contributed by atoms with E-state index in [0.717, 1.165) is 24.3 Å². The standard InChI is InChI=1S/C14H20FN3/c1-2-3-4-5-8-18-13-7-6-11(15)9-12(13)17-14(18)10-16/h6-7,9H,2-5,8,10,16H2,1H3. The van der Waals surface area contributed by atoms with Gasteiger partial charge in [-0.3, -0.25) is 0 Å². The normalized spacial score (nSPS) is 11.3. The van der Waals surface area contributed by atoms with Crippen LogP contribution in [0.1, 0.15) is 38.4 Å². The van der Waals surface area contributed by atoms with Gasteiger partial charge in [-0.25, -0.2) is 9.37 Å². The molecule has 0 radical (unpaired) electrons. The number of nitrogens with zero attached hydrogens (tertiary/aromatic N) is 2. The van der Waals surface area contributed by atoms with Crippen LogP contribution in [0, 0.1) is 5.82 Å². The molecule has 0 aliphatic heterocycles. The Morgan fingerprint density at radius 2 is 2.11 bits per heavy atom. The van der Waals surface area contributed by atoms with Crippen molar-refractivity contribution in [2.75, 3.05) is 0 Å². The van der Waals surface area contributed by atoms with E-state index in [1.807, 2.05) is 0 Å². The Kier molecular flexibility index (Phi) is 4.31. The van der Waals surface area contributed by atoms with Crippen molar-refractivity contribution < 1.29 is 4.39 Å². The van der Waals surface area contributed by atoms with Crippen LogP contribution in [0.5, 0.6) is 0 Å². The lowest BCUT2D eigenvalue weighted by molar-refractivity contribution is 0.574. The summed E-state index contributed by atoms with van der Waals surface area (Å²) in [4.78, 5) is 4.39. The molecule has 0 saturated heterocycles. The Morgan fingerprint density at radius 3 is 2.83 bits per heavy atom. The fraction of sp³-hybridized carbons (Fsp3) is 0.500. The second-order valence-corrected chi connectivity index (χ2v) is 4.58.